The number of aryl methyl sites for hydroxylation is 2. The average Bonchev–Trinajstić information content (AvgIpc) is 2.97. The van der Waals surface area contributed by atoms with Crippen LogP contribution in [0.3, 0.4) is 0 Å². The first-order valence-electron chi connectivity index (χ1n) is 15.6. The Labute approximate surface area is 244 Å². The second-order valence-electron chi connectivity index (χ2n) is 11.0. The summed E-state index contributed by atoms with van der Waals surface area (Å²) in [5, 5.41) is 18.6. The molecule has 2 aromatic rings. The highest BCUT2D eigenvalue weighted by atomic mass is 16.5. The first kappa shape index (κ1) is 33.6. The summed E-state index contributed by atoms with van der Waals surface area (Å²) in [5.74, 6) is 1.70. The van der Waals surface area contributed by atoms with Crippen molar-refractivity contribution in [2.24, 2.45) is 0 Å². The van der Waals surface area contributed by atoms with E-state index in [1.54, 1.807) is 0 Å². The molecule has 0 aliphatic rings. The first-order valence-corrected chi connectivity index (χ1v) is 15.6. The van der Waals surface area contributed by atoms with Crippen LogP contribution in [0.15, 0.2) is 60.7 Å². The lowest BCUT2D eigenvalue weighted by Crippen LogP contribution is -2.03. The summed E-state index contributed by atoms with van der Waals surface area (Å²) in [4.78, 5) is 0. The van der Waals surface area contributed by atoms with Gasteiger partial charge in [0, 0.05) is 12.8 Å². The zero-order valence-electron chi connectivity index (χ0n) is 25.3. The molecule has 0 bridgehead atoms. The molecule has 4 nitrogen and oxygen atoms in total. The summed E-state index contributed by atoms with van der Waals surface area (Å²) in [6, 6.07) is 13.1. The molecule has 0 fully saturated rings. The summed E-state index contributed by atoms with van der Waals surface area (Å²) >= 11 is 0. The minimum absolute atomic E-state index is 0.00747. The van der Waals surface area contributed by atoms with Crippen LogP contribution in [0.25, 0.3) is 11.1 Å². The van der Waals surface area contributed by atoms with Gasteiger partial charge in [-0.3, -0.25) is 0 Å². The summed E-state index contributed by atoms with van der Waals surface area (Å²) in [6.45, 7) is 13.3. The molecule has 0 aliphatic heterocycles. The van der Waals surface area contributed by atoms with E-state index in [-0.39, 0.29) is 13.2 Å². The van der Waals surface area contributed by atoms with Gasteiger partial charge >= 0.3 is 0 Å². The predicted molar refractivity (Wildman–Crippen MR) is 169 cm³/mol. The number of hydrogen-bond donors (Lipinski definition) is 2. The molecule has 0 aliphatic carbocycles. The molecule has 2 N–H and O–H groups in total. The highest BCUT2D eigenvalue weighted by Crippen LogP contribution is 2.33. The van der Waals surface area contributed by atoms with E-state index in [0.29, 0.717) is 26.1 Å². The lowest BCUT2D eigenvalue weighted by molar-refractivity contribution is 0.293. The topological polar surface area (TPSA) is 58.9 Å². The number of aliphatic hydroxyl groups is 2. The molecular formula is C36H54O4. The molecule has 4 heteroatoms. The van der Waals surface area contributed by atoms with Crippen molar-refractivity contribution < 1.29 is 19.7 Å². The number of unbranched alkanes of at least 4 members (excludes halogenated alkanes) is 8. The number of hydrogen-bond acceptors (Lipinski definition) is 4. The highest BCUT2D eigenvalue weighted by Gasteiger charge is 2.12. The lowest BCUT2D eigenvalue weighted by Gasteiger charge is -2.16. The van der Waals surface area contributed by atoms with Crippen LogP contribution in [0.2, 0.25) is 0 Å². The molecular weight excluding hydrogens is 496 g/mol. The fourth-order valence-corrected chi connectivity index (χ4v) is 4.81. The van der Waals surface area contributed by atoms with Crippen LogP contribution in [-0.2, 0) is 12.8 Å². The number of ether oxygens (including phenoxy) is 2. The van der Waals surface area contributed by atoms with E-state index in [0.717, 1.165) is 41.1 Å². The van der Waals surface area contributed by atoms with Gasteiger partial charge in [-0.25, -0.2) is 0 Å². The Morgan fingerprint density at radius 2 is 1.23 bits per heavy atom. The van der Waals surface area contributed by atoms with Crippen molar-refractivity contribution >= 4 is 0 Å². The van der Waals surface area contributed by atoms with Gasteiger partial charge in [0.1, 0.15) is 11.5 Å². The van der Waals surface area contributed by atoms with Crippen molar-refractivity contribution in [3.63, 3.8) is 0 Å². The second kappa shape index (κ2) is 20.3. The van der Waals surface area contributed by atoms with E-state index in [2.05, 4.69) is 63.4 Å². The zero-order chi connectivity index (χ0) is 29.0. The Hall–Kier alpha value is -2.56. The predicted octanol–water partition coefficient (Wildman–Crippen LogP) is 9.01. The maximum atomic E-state index is 9.32. The van der Waals surface area contributed by atoms with Crippen LogP contribution in [0, 0.1) is 0 Å². The van der Waals surface area contributed by atoms with E-state index in [1.165, 1.54) is 80.9 Å². The van der Waals surface area contributed by atoms with Crippen LogP contribution < -0.4 is 9.47 Å². The second-order valence-corrected chi connectivity index (χ2v) is 11.0. The largest absolute Gasteiger partial charge is 0.493 e. The molecule has 0 saturated heterocycles. The molecule has 0 heterocycles. The van der Waals surface area contributed by atoms with Crippen LogP contribution in [0.5, 0.6) is 11.5 Å². The fraction of sp³-hybridized carbons (Fsp3) is 0.556. The summed E-state index contributed by atoms with van der Waals surface area (Å²) < 4.78 is 12.3. The van der Waals surface area contributed by atoms with E-state index in [4.69, 9.17) is 9.47 Å². The van der Waals surface area contributed by atoms with Gasteiger partial charge in [-0.2, -0.15) is 0 Å². The van der Waals surface area contributed by atoms with Gasteiger partial charge in [0.05, 0.1) is 26.4 Å². The Morgan fingerprint density at radius 3 is 1.82 bits per heavy atom. The van der Waals surface area contributed by atoms with Gasteiger partial charge in [-0.1, -0.05) is 90.5 Å². The van der Waals surface area contributed by atoms with Gasteiger partial charge in [-0.05, 0) is 83.3 Å². The molecule has 0 aromatic heterocycles. The number of rotatable bonds is 23. The normalized spacial score (nSPS) is 11.0. The number of benzene rings is 2. The van der Waals surface area contributed by atoms with Crippen molar-refractivity contribution in [2.45, 2.75) is 104 Å². The molecule has 0 amide bonds. The van der Waals surface area contributed by atoms with Crippen LogP contribution in [0.4, 0.5) is 0 Å². The average molecular weight is 551 g/mol. The standard InChI is InChI=1S/C36H54O4/c1-5-7-9-11-13-15-31-23-33(25-35(24-31)40-22-20-30(4)28-38)36-26-34(39-21-19-29(3)27-37)18-17-32(36)16-14-12-10-8-6-2/h17-18,23-26,37-38H,3-16,19-22,27-28H2,1-2H3. The highest BCUT2D eigenvalue weighted by molar-refractivity contribution is 5.71. The smallest absolute Gasteiger partial charge is 0.120 e. The Balaban J connectivity index is 2.33. The third kappa shape index (κ3) is 13.2. The van der Waals surface area contributed by atoms with E-state index in [9.17, 15) is 10.2 Å². The monoisotopic (exact) mass is 550 g/mol. The quantitative estimate of drug-likeness (QED) is 0.107. The SMILES string of the molecule is C=C(CO)CCOc1cc(CCCCCCC)cc(-c2cc(OCCC(=C)CO)ccc2CCCCCCC)c1. The summed E-state index contributed by atoms with van der Waals surface area (Å²) in [5.41, 5.74) is 6.56. The molecule has 0 atom stereocenters. The molecule has 0 radical (unpaired) electrons. The molecule has 2 rings (SSSR count). The zero-order valence-corrected chi connectivity index (χ0v) is 25.3. The Morgan fingerprint density at radius 1 is 0.650 bits per heavy atom. The minimum atomic E-state index is -0.00869. The van der Waals surface area contributed by atoms with Crippen LogP contribution in [-0.4, -0.2) is 36.6 Å². The van der Waals surface area contributed by atoms with Gasteiger partial charge in [0.25, 0.3) is 0 Å². The van der Waals surface area contributed by atoms with Gasteiger partial charge in [-0.15, -0.1) is 0 Å². The molecule has 0 saturated carbocycles. The Bertz CT molecular complexity index is 1010. The van der Waals surface area contributed by atoms with Crippen molar-refractivity contribution in [1.82, 2.24) is 0 Å². The van der Waals surface area contributed by atoms with Crippen LogP contribution >= 0.6 is 0 Å². The van der Waals surface area contributed by atoms with Gasteiger partial charge in [0.15, 0.2) is 0 Å². The fourth-order valence-electron chi connectivity index (χ4n) is 4.81. The van der Waals surface area contributed by atoms with E-state index in [1.807, 2.05) is 0 Å². The summed E-state index contributed by atoms with van der Waals surface area (Å²) in [7, 11) is 0. The molecule has 0 unspecified atom stereocenters. The van der Waals surface area contributed by atoms with Crippen molar-refractivity contribution in [3.05, 3.63) is 71.8 Å². The molecule has 222 valence electrons. The third-order valence-corrected chi connectivity index (χ3v) is 7.37. The third-order valence-electron chi connectivity index (χ3n) is 7.37. The lowest BCUT2D eigenvalue weighted by atomic mass is 9.93. The molecule has 0 spiro atoms. The van der Waals surface area contributed by atoms with Crippen LogP contribution in [0.1, 0.15) is 102 Å². The number of aliphatic hydroxyl groups excluding tert-OH is 2. The van der Waals surface area contributed by atoms with Gasteiger partial charge in [0.2, 0.25) is 0 Å². The van der Waals surface area contributed by atoms with Crippen molar-refractivity contribution in [1.29, 1.82) is 0 Å². The van der Waals surface area contributed by atoms with Gasteiger partial charge < -0.3 is 19.7 Å². The molecule has 2 aromatic carbocycles. The van der Waals surface area contributed by atoms with E-state index < -0.39 is 0 Å². The van der Waals surface area contributed by atoms with Crippen molar-refractivity contribution in [2.75, 3.05) is 26.4 Å². The minimum Gasteiger partial charge on any atom is -0.493 e. The summed E-state index contributed by atoms with van der Waals surface area (Å²) in [6.07, 6.45) is 15.8. The van der Waals surface area contributed by atoms with E-state index >= 15 is 0 Å². The maximum absolute atomic E-state index is 9.32. The Kier molecular flexibility index (Phi) is 17.1. The molecule has 40 heavy (non-hydrogen) atoms. The maximum Gasteiger partial charge on any atom is 0.120 e. The van der Waals surface area contributed by atoms with Crippen molar-refractivity contribution in [3.8, 4) is 22.6 Å². The first-order chi connectivity index (χ1) is 19.5.